The van der Waals surface area contributed by atoms with Gasteiger partial charge in [-0.1, -0.05) is 18.2 Å². The zero-order valence-electron chi connectivity index (χ0n) is 12.0. The highest BCUT2D eigenvalue weighted by Gasteiger charge is 2.39. The molecule has 1 heterocycles. The number of fused-ring (bicyclic) bond motifs is 1. The summed E-state index contributed by atoms with van der Waals surface area (Å²) in [6.07, 6.45) is 0.435. The lowest BCUT2D eigenvalue weighted by molar-refractivity contribution is -0.138. The number of carboxylic acid groups (broad SMARTS) is 1. The van der Waals surface area contributed by atoms with E-state index in [4.69, 9.17) is 0 Å². The van der Waals surface area contributed by atoms with Crippen LogP contribution in [-0.2, 0) is 16.0 Å². The third-order valence-corrected chi connectivity index (χ3v) is 3.53. The summed E-state index contributed by atoms with van der Waals surface area (Å²) in [5, 5.41) is 12.2. The van der Waals surface area contributed by atoms with E-state index in [2.05, 4.69) is 5.32 Å². The summed E-state index contributed by atoms with van der Waals surface area (Å²) in [4.78, 5) is 25.3. The molecule has 0 saturated carbocycles. The van der Waals surface area contributed by atoms with Crippen LogP contribution in [-0.4, -0.2) is 35.1 Å². The average molecular weight is 276 g/mol. The molecule has 1 amide bonds. The van der Waals surface area contributed by atoms with E-state index in [9.17, 15) is 14.7 Å². The van der Waals surface area contributed by atoms with E-state index in [-0.39, 0.29) is 11.9 Å². The highest BCUT2D eigenvalue weighted by Crippen LogP contribution is 2.33. The fourth-order valence-corrected chi connectivity index (χ4v) is 2.63. The van der Waals surface area contributed by atoms with Gasteiger partial charge in [0.1, 0.15) is 12.1 Å². The lowest BCUT2D eigenvalue weighted by Crippen LogP contribution is -2.52. The first-order valence-electron chi connectivity index (χ1n) is 6.81. The second kappa shape index (κ2) is 5.53. The molecule has 5 nitrogen and oxygen atoms in total. The predicted molar refractivity (Wildman–Crippen MR) is 76.8 cm³/mol. The second-order valence-electron chi connectivity index (χ2n) is 5.43. The van der Waals surface area contributed by atoms with Gasteiger partial charge in [0.15, 0.2) is 0 Å². The van der Waals surface area contributed by atoms with E-state index >= 15 is 0 Å². The molecular weight excluding hydrogens is 256 g/mol. The predicted octanol–water partition coefficient (Wildman–Crippen LogP) is 1.42. The minimum Gasteiger partial charge on any atom is -0.480 e. The Morgan fingerprint density at radius 3 is 2.55 bits per heavy atom. The maximum Gasteiger partial charge on any atom is 0.326 e. The van der Waals surface area contributed by atoms with Gasteiger partial charge in [-0.15, -0.1) is 0 Å². The molecule has 0 bridgehead atoms. The van der Waals surface area contributed by atoms with Gasteiger partial charge < -0.3 is 15.3 Å². The van der Waals surface area contributed by atoms with E-state index < -0.39 is 18.1 Å². The molecule has 2 N–H and O–H groups in total. The van der Waals surface area contributed by atoms with E-state index in [1.807, 2.05) is 38.1 Å². The first-order chi connectivity index (χ1) is 9.41. The molecule has 0 spiro atoms. The standard InChI is InChI=1S/C15H20N2O3/c1-9(2)16-14(18)10(3)17-12-7-5-4-6-11(12)8-13(17)15(19)20/h4-7,9-10,13H,8H2,1-3H3,(H,16,18)(H,19,20). The highest BCUT2D eigenvalue weighted by atomic mass is 16.4. The van der Waals surface area contributed by atoms with Crippen LogP contribution < -0.4 is 10.2 Å². The van der Waals surface area contributed by atoms with Crippen molar-refractivity contribution in [2.75, 3.05) is 4.90 Å². The third kappa shape index (κ3) is 2.61. The lowest BCUT2D eigenvalue weighted by Gasteiger charge is -2.31. The van der Waals surface area contributed by atoms with Crippen LogP contribution in [0.2, 0.25) is 0 Å². The topological polar surface area (TPSA) is 69.6 Å². The van der Waals surface area contributed by atoms with Crippen molar-refractivity contribution in [3.8, 4) is 0 Å². The van der Waals surface area contributed by atoms with Crippen LogP contribution in [0.4, 0.5) is 5.69 Å². The minimum absolute atomic E-state index is 0.0334. The number of hydrogen-bond acceptors (Lipinski definition) is 3. The van der Waals surface area contributed by atoms with Crippen molar-refractivity contribution in [3.63, 3.8) is 0 Å². The molecule has 5 heteroatoms. The molecule has 1 aromatic rings. The zero-order chi connectivity index (χ0) is 14.9. The van der Waals surface area contributed by atoms with Gasteiger partial charge in [0.25, 0.3) is 0 Å². The number of rotatable bonds is 4. The van der Waals surface area contributed by atoms with Gasteiger partial charge in [-0.3, -0.25) is 4.79 Å². The van der Waals surface area contributed by atoms with E-state index in [1.165, 1.54) is 0 Å². The van der Waals surface area contributed by atoms with Crippen LogP contribution in [0.25, 0.3) is 0 Å². The smallest absolute Gasteiger partial charge is 0.326 e. The summed E-state index contributed by atoms with van der Waals surface area (Å²) in [7, 11) is 0. The normalized spacial score (nSPS) is 18.8. The molecule has 108 valence electrons. The molecule has 2 unspecified atom stereocenters. The quantitative estimate of drug-likeness (QED) is 0.872. The molecule has 0 fully saturated rings. The van der Waals surface area contributed by atoms with Gasteiger partial charge in [0.2, 0.25) is 5.91 Å². The van der Waals surface area contributed by atoms with Gasteiger partial charge in [-0.25, -0.2) is 4.79 Å². The van der Waals surface area contributed by atoms with Crippen molar-refractivity contribution in [1.29, 1.82) is 0 Å². The Morgan fingerprint density at radius 2 is 1.95 bits per heavy atom. The molecule has 20 heavy (non-hydrogen) atoms. The maximum absolute atomic E-state index is 12.2. The average Bonchev–Trinajstić information content (AvgIpc) is 2.76. The SMILES string of the molecule is CC(C)NC(=O)C(C)N1c2ccccc2CC1C(=O)O. The van der Waals surface area contributed by atoms with Crippen LogP contribution in [0.15, 0.2) is 24.3 Å². The van der Waals surface area contributed by atoms with Gasteiger partial charge in [0, 0.05) is 18.2 Å². The summed E-state index contributed by atoms with van der Waals surface area (Å²) in [6.45, 7) is 5.52. The fraction of sp³-hybridized carbons (Fsp3) is 0.467. The van der Waals surface area contributed by atoms with Gasteiger partial charge >= 0.3 is 5.97 Å². The van der Waals surface area contributed by atoms with E-state index in [1.54, 1.807) is 11.8 Å². The molecule has 0 aromatic heterocycles. The summed E-state index contributed by atoms with van der Waals surface area (Å²) >= 11 is 0. The van der Waals surface area contributed by atoms with Crippen molar-refractivity contribution in [1.82, 2.24) is 5.32 Å². The van der Waals surface area contributed by atoms with Crippen molar-refractivity contribution < 1.29 is 14.7 Å². The van der Waals surface area contributed by atoms with Crippen molar-refractivity contribution in [3.05, 3.63) is 29.8 Å². The maximum atomic E-state index is 12.2. The molecule has 1 aliphatic heterocycles. The summed E-state index contributed by atoms with van der Waals surface area (Å²) in [6, 6.07) is 6.38. The number of nitrogens with one attached hydrogen (secondary N) is 1. The summed E-state index contributed by atoms with van der Waals surface area (Å²) < 4.78 is 0. The number of anilines is 1. The molecular formula is C15H20N2O3. The largest absolute Gasteiger partial charge is 0.480 e. The molecule has 0 radical (unpaired) electrons. The van der Waals surface area contributed by atoms with E-state index in [0.717, 1.165) is 11.3 Å². The molecule has 2 atom stereocenters. The number of aliphatic carboxylic acids is 1. The van der Waals surface area contributed by atoms with Crippen LogP contribution in [0.3, 0.4) is 0 Å². The zero-order valence-corrected chi connectivity index (χ0v) is 12.0. The second-order valence-corrected chi connectivity index (χ2v) is 5.43. The Hall–Kier alpha value is -2.04. The van der Waals surface area contributed by atoms with Crippen LogP contribution in [0.1, 0.15) is 26.3 Å². The Kier molecular flexibility index (Phi) is 3.97. The summed E-state index contributed by atoms with van der Waals surface area (Å²) in [5.41, 5.74) is 1.82. The first-order valence-corrected chi connectivity index (χ1v) is 6.81. The number of carbonyl (C=O) groups is 2. The first kappa shape index (κ1) is 14.4. The van der Waals surface area contributed by atoms with Crippen LogP contribution >= 0.6 is 0 Å². The molecule has 1 aromatic carbocycles. The number of amides is 1. The minimum atomic E-state index is -0.898. The van der Waals surface area contributed by atoms with Gasteiger partial charge in [-0.2, -0.15) is 0 Å². The molecule has 0 saturated heterocycles. The van der Waals surface area contributed by atoms with Crippen LogP contribution in [0.5, 0.6) is 0 Å². The number of carboxylic acids is 1. The van der Waals surface area contributed by atoms with Crippen molar-refractivity contribution in [2.45, 2.75) is 45.3 Å². The van der Waals surface area contributed by atoms with Crippen molar-refractivity contribution in [2.24, 2.45) is 0 Å². The number of carbonyl (C=O) groups excluding carboxylic acids is 1. The Labute approximate surface area is 118 Å². The monoisotopic (exact) mass is 276 g/mol. The van der Waals surface area contributed by atoms with E-state index in [0.29, 0.717) is 6.42 Å². The number of nitrogens with zero attached hydrogens (tertiary/aromatic N) is 1. The number of benzene rings is 1. The fourth-order valence-electron chi connectivity index (χ4n) is 2.63. The highest BCUT2D eigenvalue weighted by molar-refractivity contribution is 5.90. The molecule has 1 aliphatic rings. The Morgan fingerprint density at radius 1 is 1.30 bits per heavy atom. The molecule has 2 rings (SSSR count). The lowest BCUT2D eigenvalue weighted by atomic mass is 10.1. The summed E-state index contributed by atoms with van der Waals surface area (Å²) in [5.74, 6) is -1.05. The van der Waals surface area contributed by atoms with Gasteiger partial charge in [0.05, 0.1) is 0 Å². The molecule has 0 aliphatic carbocycles. The van der Waals surface area contributed by atoms with Crippen LogP contribution in [0, 0.1) is 0 Å². The number of para-hydroxylation sites is 1. The van der Waals surface area contributed by atoms with Gasteiger partial charge in [-0.05, 0) is 32.4 Å². The van der Waals surface area contributed by atoms with Crippen molar-refractivity contribution >= 4 is 17.6 Å². The Balaban J connectivity index is 2.31. The Bertz CT molecular complexity index is 528. The third-order valence-electron chi connectivity index (χ3n) is 3.53. The number of hydrogen-bond donors (Lipinski definition) is 2.